The van der Waals surface area contributed by atoms with Crippen molar-refractivity contribution in [3.63, 3.8) is 0 Å². The van der Waals surface area contributed by atoms with Crippen LogP contribution in [0.5, 0.6) is 0 Å². The molecule has 2 atom stereocenters. The zero-order valence-corrected chi connectivity index (χ0v) is 23.1. The van der Waals surface area contributed by atoms with Gasteiger partial charge in [0.25, 0.3) is 0 Å². The monoisotopic (exact) mass is 575 g/mol. The van der Waals surface area contributed by atoms with Crippen molar-refractivity contribution in [3.05, 3.63) is 125 Å². The molecule has 1 N–H and O–H groups in total. The highest BCUT2D eigenvalue weighted by Gasteiger charge is 2.67. The van der Waals surface area contributed by atoms with E-state index >= 15 is 0 Å². The molecule has 0 aliphatic heterocycles. The van der Waals surface area contributed by atoms with Gasteiger partial charge in [-0.3, -0.25) is 4.79 Å². The molecule has 4 aromatic carbocycles. The summed E-state index contributed by atoms with van der Waals surface area (Å²) in [5.74, 6) is -2.35. The van der Waals surface area contributed by atoms with Crippen molar-refractivity contribution in [2.75, 3.05) is 7.11 Å². The van der Waals surface area contributed by atoms with Crippen LogP contribution >= 0.6 is 11.6 Å². The maximum atomic E-state index is 14.2. The summed E-state index contributed by atoms with van der Waals surface area (Å²) in [5, 5.41) is 11.1. The second-order valence-corrected chi connectivity index (χ2v) is 11.9. The number of nitrogens with zero attached hydrogens (tertiary/aromatic N) is 1. The first kappa shape index (κ1) is 27.6. The Hall–Kier alpha value is -3.98. The lowest BCUT2D eigenvalue weighted by molar-refractivity contribution is -0.143. The topological polar surface area (TPSA) is 101 Å². The van der Waals surface area contributed by atoms with E-state index in [1.54, 1.807) is 66.7 Å². The molecule has 0 radical (unpaired) electrons. The van der Waals surface area contributed by atoms with Gasteiger partial charge in [0.05, 0.1) is 17.6 Å². The molecular weight excluding hydrogens is 550 g/mol. The Morgan fingerprint density at radius 3 is 2.15 bits per heavy atom. The van der Waals surface area contributed by atoms with Gasteiger partial charge >= 0.3 is 11.9 Å². The van der Waals surface area contributed by atoms with Crippen LogP contribution in [0.1, 0.15) is 33.8 Å². The van der Waals surface area contributed by atoms with Crippen molar-refractivity contribution >= 4 is 33.6 Å². The fourth-order valence-electron chi connectivity index (χ4n) is 5.06. The Balaban J connectivity index is 1.58. The van der Waals surface area contributed by atoms with Gasteiger partial charge < -0.3 is 9.84 Å². The Labute approximate surface area is 237 Å². The van der Waals surface area contributed by atoms with Gasteiger partial charge in [-0.25, -0.2) is 13.2 Å². The third kappa shape index (κ3) is 5.13. The van der Waals surface area contributed by atoms with Crippen LogP contribution in [0.4, 0.5) is 0 Å². The number of benzene rings is 4. The Morgan fingerprint density at radius 1 is 0.925 bits per heavy atom. The SMILES string of the molecule is COC(=O)c1cccc(CN([C@]2(C(=O)O)C[C@H]2c2ccccc2)S(=O)(=O)c2ccc(-c3ccc(Cl)cc3)cc2)c1. The average molecular weight is 576 g/mol. The third-order valence-electron chi connectivity index (χ3n) is 7.24. The molecule has 0 heterocycles. The van der Waals surface area contributed by atoms with Crippen molar-refractivity contribution in [2.24, 2.45) is 0 Å². The zero-order valence-electron chi connectivity index (χ0n) is 21.5. The molecule has 1 aliphatic carbocycles. The summed E-state index contributed by atoms with van der Waals surface area (Å²) in [4.78, 5) is 25.0. The van der Waals surface area contributed by atoms with E-state index in [9.17, 15) is 23.1 Å². The maximum Gasteiger partial charge on any atom is 0.337 e. The molecule has 9 heteroatoms. The highest BCUT2D eigenvalue weighted by molar-refractivity contribution is 7.89. The van der Waals surface area contributed by atoms with Crippen molar-refractivity contribution in [1.82, 2.24) is 4.31 Å². The quantitative estimate of drug-likeness (QED) is 0.246. The predicted octanol–water partition coefficient (Wildman–Crippen LogP) is 6.00. The number of methoxy groups -OCH3 is 1. The lowest BCUT2D eigenvalue weighted by Crippen LogP contribution is -2.48. The summed E-state index contributed by atoms with van der Waals surface area (Å²) in [7, 11) is -3.05. The van der Waals surface area contributed by atoms with Gasteiger partial charge in [-0.2, -0.15) is 4.31 Å². The number of hydrogen-bond donors (Lipinski definition) is 1. The molecule has 1 fully saturated rings. The van der Waals surface area contributed by atoms with Crippen LogP contribution in [-0.4, -0.2) is 42.4 Å². The summed E-state index contributed by atoms with van der Waals surface area (Å²) >= 11 is 5.99. The minimum atomic E-state index is -4.31. The molecule has 7 nitrogen and oxygen atoms in total. The number of carbonyl (C=O) groups excluding carboxylic acids is 1. The maximum absolute atomic E-state index is 14.2. The van der Waals surface area contributed by atoms with Crippen LogP contribution in [0.15, 0.2) is 108 Å². The van der Waals surface area contributed by atoms with Gasteiger partial charge in [-0.15, -0.1) is 0 Å². The van der Waals surface area contributed by atoms with Crippen LogP contribution in [0.25, 0.3) is 11.1 Å². The smallest absolute Gasteiger partial charge is 0.337 e. The zero-order chi connectivity index (χ0) is 28.5. The number of hydrogen-bond acceptors (Lipinski definition) is 5. The van der Waals surface area contributed by atoms with Crippen LogP contribution < -0.4 is 0 Å². The number of carboxylic acid groups (broad SMARTS) is 1. The van der Waals surface area contributed by atoms with E-state index in [4.69, 9.17) is 16.3 Å². The lowest BCUT2D eigenvalue weighted by Gasteiger charge is -2.30. The van der Waals surface area contributed by atoms with Gasteiger partial charge in [0.2, 0.25) is 10.0 Å². The molecule has 0 saturated heterocycles. The number of sulfonamides is 1. The third-order valence-corrected chi connectivity index (χ3v) is 9.40. The fourth-order valence-corrected chi connectivity index (χ4v) is 6.95. The molecule has 0 aromatic heterocycles. The highest BCUT2D eigenvalue weighted by atomic mass is 35.5. The van der Waals surface area contributed by atoms with Crippen molar-refractivity contribution < 1.29 is 27.9 Å². The van der Waals surface area contributed by atoms with Crippen LogP contribution in [-0.2, 0) is 26.1 Å². The molecular formula is C31H26ClNO6S. The highest BCUT2D eigenvalue weighted by Crippen LogP contribution is 2.57. The van der Waals surface area contributed by atoms with E-state index in [0.717, 1.165) is 21.0 Å². The number of carboxylic acids is 1. The standard InChI is InChI=1S/C31H26ClNO6S/c1-39-29(34)25-9-5-6-21(18-25)20-33(31(30(35)36)19-28(31)24-7-3-2-4-8-24)40(37,38)27-16-12-23(13-17-27)22-10-14-26(32)15-11-22/h2-18,28H,19-20H2,1H3,(H,35,36)/t28-,31+/m0/s1. The van der Waals surface area contributed by atoms with Gasteiger partial charge in [-0.05, 0) is 65.1 Å². The summed E-state index contributed by atoms with van der Waals surface area (Å²) in [6, 6.07) is 28.9. The normalized spacial score (nSPS) is 18.3. The predicted molar refractivity (Wildman–Crippen MR) is 152 cm³/mol. The van der Waals surface area contributed by atoms with E-state index in [0.29, 0.717) is 10.6 Å². The van der Waals surface area contributed by atoms with Gasteiger partial charge in [0, 0.05) is 17.5 Å². The Kier molecular flexibility index (Phi) is 7.51. The molecule has 1 aliphatic rings. The number of aliphatic carboxylic acids is 1. The summed E-state index contributed by atoms with van der Waals surface area (Å²) in [5.41, 5.74) is 1.39. The summed E-state index contributed by atoms with van der Waals surface area (Å²) < 4.78 is 34.3. The first-order chi connectivity index (χ1) is 19.2. The molecule has 0 spiro atoms. The number of halogens is 1. The minimum Gasteiger partial charge on any atom is -0.480 e. The number of carbonyl (C=O) groups is 2. The molecule has 1 saturated carbocycles. The van der Waals surface area contributed by atoms with Gasteiger partial charge in [0.15, 0.2) is 0 Å². The number of rotatable bonds is 9. The Bertz CT molecular complexity index is 1660. The number of ether oxygens (including phenoxy) is 1. The lowest BCUT2D eigenvalue weighted by atomic mass is 10.1. The summed E-state index contributed by atoms with van der Waals surface area (Å²) in [6.07, 6.45) is 0.116. The molecule has 0 amide bonds. The number of esters is 1. The van der Waals surface area contributed by atoms with Crippen LogP contribution in [0.2, 0.25) is 5.02 Å². The van der Waals surface area contributed by atoms with E-state index in [-0.39, 0.29) is 23.4 Å². The second kappa shape index (κ2) is 10.9. The van der Waals surface area contributed by atoms with Gasteiger partial charge in [-0.1, -0.05) is 78.3 Å². The van der Waals surface area contributed by atoms with Gasteiger partial charge in [0.1, 0.15) is 5.54 Å². The van der Waals surface area contributed by atoms with Crippen LogP contribution in [0, 0.1) is 0 Å². The Morgan fingerprint density at radius 2 is 1.55 bits per heavy atom. The molecule has 40 heavy (non-hydrogen) atoms. The molecule has 0 unspecified atom stereocenters. The fraction of sp³-hybridized carbons (Fsp3) is 0.161. The molecule has 204 valence electrons. The van der Waals surface area contributed by atoms with E-state index < -0.39 is 33.4 Å². The van der Waals surface area contributed by atoms with Crippen molar-refractivity contribution in [3.8, 4) is 11.1 Å². The van der Waals surface area contributed by atoms with Crippen LogP contribution in [0.3, 0.4) is 0 Å². The van der Waals surface area contributed by atoms with E-state index in [2.05, 4.69) is 0 Å². The van der Waals surface area contributed by atoms with E-state index in [1.165, 1.54) is 25.3 Å². The molecule has 4 aromatic rings. The first-order valence-corrected chi connectivity index (χ1v) is 14.3. The minimum absolute atomic E-state index is 0.0336. The average Bonchev–Trinajstić information content (AvgIpc) is 3.73. The largest absolute Gasteiger partial charge is 0.480 e. The summed E-state index contributed by atoms with van der Waals surface area (Å²) in [6.45, 7) is -0.248. The molecule has 5 rings (SSSR count). The van der Waals surface area contributed by atoms with E-state index in [1.807, 2.05) is 18.2 Å². The second-order valence-electron chi connectivity index (χ2n) is 9.63. The molecule has 0 bridgehead atoms. The van der Waals surface area contributed by atoms with Crippen molar-refractivity contribution in [2.45, 2.75) is 29.3 Å². The first-order valence-electron chi connectivity index (χ1n) is 12.5. The van der Waals surface area contributed by atoms with Crippen molar-refractivity contribution in [1.29, 1.82) is 0 Å².